The second-order valence-corrected chi connectivity index (χ2v) is 7.87. The molecule has 2 aromatic carbocycles. The summed E-state index contributed by atoms with van der Waals surface area (Å²) in [4.78, 5) is 2.34. The van der Waals surface area contributed by atoms with Crippen LogP contribution in [0, 0.1) is 5.82 Å². The fourth-order valence-electron chi connectivity index (χ4n) is 2.84. The van der Waals surface area contributed by atoms with Gasteiger partial charge in [0.1, 0.15) is 5.82 Å². The smallest absolute Gasteiger partial charge is 0.216 e. The molecule has 1 heterocycles. The Kier molecular flexibility index (Phi) is 5.16. The summed E-state index contributed by atoms with van der Waals surface area (Å²) in [5.74, 6) is -0.527. The van der Waals surface area contributed by atoms with Crippen LogP contribution < -0.4 is 9.62 Å². The molecule has 1 N–H and O–H groups in total. The van der Waals surface area contributed by atoms with Crippen LogP contribution in [0.25, 0.3) is 0 Å². The number of sulfonamides is 1. The van der Waals surface area contributed by atoms with E-state index in [-0.39, 0.29) is 18.1 Å². The van der Waals surface area contributed by atoms with E-state index in [0.717, 1.165) is 18.7 Å². The molecule has 1 saturated heterocycles. The SMILES string of the molecule is O=S(=O)(Cc1ccc(F)cc1)NCc1ccc(N2CCCC2)cc1. The first-order chi connectivity index (χ1) is 11.5. The third kappa shape index (κ3) is 4.55. The Bertz CT molecular complexity index is 768. The van der Waals surface area contributed by atoms with Crippen molar-refractivity contribution in [2.24, 2.45) is 0 Å². The topological polar surface area (TPSA) is 49.4 Å². The van der Waals surface area contributed by atoms with Gasteiger partial charge in [-0.05, 0) is 48.2 Å². The first-order valence-electron chi connectivity index (χ1n) is 8.07. The molecule has 0 aromatic heterocycles. The highest BCUT2D eigenvalue weighted by Crippen LogP contribution is 2.20. The molecule has 128 valence electrons. The molecule has 0 amide bonds. The maximum absolute atomic E-state index is 12.9. The first kappa shape index (κ1) is 16.9. The van der Waals surface area contributed by atoms with Gasteiger partial charge in [-0.15, -0.1) is 0 Å². The van der Waals surface area contributed by atoms with E-state index in [1.165, 1.54) is 42.8 Å². The molecular weight excluding hydrogens is 327 g/mol. The standard InChI is InChI=1S/C18H21FN2O2S/c19-17-7-3-16(4-8-17)14-24(22,23)20-13-15-5-9-18(10-6-15)21-11-1-2-12-21/h3-10,20H,1-2,11-14H2. The molecule has 0 aliphatic carbocycles. The van der Waals surface area contributed by atoms with Crippen LogP contribution in [0.2, 0.25) is 0 Å². The Morgan fingerprint density at radius 2 is 1.50 bits per heavy atom. The zero-order valence-electron chi connectivity index (χ0n) is 13.4. The molecule has 6 heteroatoms. The molecule has 24 heavy (non-hydrogen) atoms. The maximum atomic E-state index is 12.9. The summed E-state index contributed by atoms with van der Waals surface area (Å²) < 4.78 is 39.7. The molecule has 1 aliphatic rings. The molecule has 0 spiro atoms. The lowest BCUT2D eigenvalue weighted by atomic mass is 10.2. The Morgan fingerprint density at radius 1 is 0.917 bits per heavy atom. The lowest BCUT2D eigenvalue weighted by Gasteiger charge is -2.17. The van der Waals surface area contributed by atoms with E-state index >= 15 is 0 Å². The first-order valence-corrected chi connectivity index (χ1v) is 9.73. The zero-order chi connectivity index (χ0) is 17.0. The number of nitrogens with one attached hydrogen (secondary N) is 1. The molecule has 0 unspecified atom stereocenters. The van der Waals surface area contributed by atoms with E-state index in [2.05, 4.69) is 9.62 Å². The van der Waals surface area contributed by atoms with E-state index in [1.807, 2.05) is 24.3 Å². The van der Waals surface area contributed by atoms with Gasteiger partial charge in [0.25, 0.3) is 0 Å². The number of hydrogen-bond donors (Lipinski definition) is 1. The van der Waals surface area contributed by atoms with Crippen molar-refractivity contribution in [3.05, 3.63) is 65.5 Å². The zero-order valence-corrected chi connectivity index (χ0v) is 14.2. The van der Waals surface area contributed by atoms with Gasteiger partial charge in [0.15, 0.2) is 0 Å². The predicted octanol–water partition coefficient (Wildman–Crippen LogP) is 3.05. The molecule has 0 bridgehead atoms. The monoisotopic (exact) mass is 348 g/mol. The number of nitrogens with zero attached hydrogens (tertiary/aromatic N) is 1. The quantitative estimate of drug-likeness (QED) is 0.873. The fraction of sp³-hybridized carbons (Fsp3) is 0.333. The molecule has 4 nitrogen and oxygen atoms in total. The van der Waals surface area contributed by atoms with Crippen molar-refractivity contribution in [2.75, 3.05) is 18.0 Å². The minimum atomic E-state index is -3.45. The van der Waals surface area contributed by atoms with Crippen molar-refractivity contribution >= 4 is 15.7 Å². The predicted molar refractivity (Wildman–Crippen MR) is 93.8 cm³/mol. The number of anilines is 1. The van der Waals surface area contributed by atoms with Crippen molar-refractivity contribution in [2.45, 2.75) is 25.1 Å². The van der Waals surface area contributed by atoms with Crippen LogP contribution in [0.5, 0.6) is 0 Å². The van der Waals surface area contributed by atoms with E-state index in [9.17, 15) is 12.8 Å². The van der Waals surface area contributed by atoms with Crippen molar-refractivity contribution in [1.29, 1.82) is 0 Å². The molecule has 1 fully saturated rings. The number of halogens is 1. The van der Waals surface area contributed by atoms with E-state index in [0.29, 0.717) is 5.56 Å². The van der Waals surface area contributed by atoms with E-state index in [4.69, 9.17) is 0 Å². The summed E-state index contributed by atoms with van der Waals surface area (Å²) in [6.45, 7) is 2.43. The van der Waals surface area contributed by atoms with Crippen LogP contribution in [0.3, 0.4) is 0 Å². The molecular formula is C18H21FN2O2S. The van der Waals surface area contributed by atoms with E-state index < -0.39 is 10.0 Å². The summed E-state index contributed by atoms with van der Waals surface area (Å²) in [5.41, 5.74) is 2.67. The van der Waals surface area contributed by atoms with Crippen LogP contribution >= 0.6 is 0 Å². The number of rotatable bonds is 6. The summed E-state index contributed by atoms with van der Waals surface area (Å²) >= 11 is 0. The summed E-state index contributed by atoms with van der Waals surface area (Å²) in [6.07, 6.45) is 2.45. The Labute approximate surface area is 142 Å². The van der Waals surface area contributed by atoms with Gasteiger partial charge in [0.05, 0.1) is 5.75 Å². The third-order valence-electron chi connectivity index (χ3n) is 4.17. The van der Waals surface area contributed by atoms with Crippen LogP contribution in [0.1, 0.15) is 24.0 Å². The maximum Gasteiger partial charge on any atom is 0.216 e. The van der Waals surface area contributed by atoms with Crippen LogP contribution in [0.15, 0.2) is 48.5 Å². The normalized spacial score (nSPS) is 15.0. The molecule has 0 radical (unpaired) electrons. The van der Waals surface area contributed by atoms with Crippen LogP contribution in [0.4, 0.5) is 10.1 Å². The van der Waals surface area contributed by atoms with Gasteiger partial charge in [0, 0.05) is 25.3 Å². The van der Waals surface area contributed by atoms with Crippen molar-refractivity contribution in [1.82, 2.24) is 4.72 Å². The average Bonchev–Trinajstić information content (AvgIpc) is 3.10. The molecule has 3 rings (SSSR count). The minimum absolute atomic E-state index is 0.154. The summed E-state index contributed by atoms with van der Waals surface area (Å²) in [5, 5.41) is 0. The molecule has 0 saturated carbocycles. The highest BCUT2D eigenvalue weighted by molar-refractivity contribution is 7.88. The van der Waals surface area contributed by atoms with E-state index in [1.54, 1.807) is 0 Å². The number of hydrogen-bond acceptors (Lipinski definition) is 3. The largest absolute Gasteiger partial charge is 0.372 e. The van der Waals surface area contributed by atoms with Gasteiger partial charge in [0.2, 0.25) is 10.0 Å². The fourth-order valence-corrected chi connectivity index (χ4v) is 3.96. The summed E-state index contributed by atoms with van der Waals surface area (Å²) in [6, 6.07) is 13.5. The highest BCUT2D eigenvalue weighted by Gasteiger charge is 2.13. The number of benzene rings is 2. The van der Waals surface area contributed by atoms with Gasteiger partial charge < -0.3 is 4.90 Å². The van der Waals surface area contributed by atoms with Crippen molar-refractivity contribution in [3.63, 3.8) is 0 Å². The Morgan fingerprint density at radius 3 is 2.12 bits per heavy atom. The van der Waals surface area contributed by atoms with Crippen LogP contribution in [-0.4, -0.2) is 21.5 Å². The van der Waals surface area contributed by atoms with Gasteiger partial charge in [-0.3, -0.25) is 0 Å². The van der Waals surface area contributed by atoms with Crippen molar-refractivity contribution < 1.29 is 12.8 Å². The second-order valence-electron chi connectivity index (χ2n) is 6.07. The van der Waals surface area contributed by atoms with Crippen LogP contribution in [-0.2, 0) is 22.3 Å². The molecule has 1 aliphatic heterocycles. The average molecular weight is 348 g/mol. The second kappa shape index (κ2) is 7.32. The van der Waals surface area contributed by atoms with Gasteiger partial charge in [-0.1, -0.05) is 24.3 Å². The Balaban J connectivity index is 1.56. The lowest BCUT2D eigenvalue weighted by Crippen LogP contribution is -2.24. The molecule has 0 atom stereocenters. The third-order valence-corrected chi connectivity index (χ3v) is 5.47. The molecule has 2 aromatic rings. The lowest BCUT2D eigenvalue weighted by molar-refractivity contribution is 0.580. The van der Waals surface area contributed by atoms with Gasteiger partial charge in [-0.2, -0.15) is 0 Å². The van der Waals surface area contributed by atoms with Gasteiger partial charge >= 0.3 is 0 Å². The minimum Gasteiger partial charge on any atom is -0.372 e. The van der Waals surface area contributed by atoms with Crippen molar-refractivity contribution in [3.8, 4) is 0 Å². The highest BCUT2D eigenvalue weighted by atomic mass is 32.2. The Hall–Kier alpha value is -1.92. The summed E-state index contributed by atoms with van der Waals surface area (Å²) in [7, 11) is -3.45. The van der Waals surface area contributed by atoms with Gasteiger partial charge in [-0.25, -0.2) is 17.5 Å².